The molecule has 0 saturated heterocycles. The molecule has 0 unspecified atom stereocenters. The Hall–Kier alpha value is -1.55. The van der Waals surface area contributed by atoms with E-state index in [1.54, 1.807) is 7.11 Å². The van der Waals surface area contributed by atoms with Crippen molar-refractivity contribution in [2.75, 3.05) is 19.5 Å². The summed E-state index contributed by atoms with van der Waals surface area (Å²) in [7, 11) is 2.90. The van der Waals surface area contributed by atoms with Crippen molar-refractivity contribution in [1.29, 1.82) is 0 Å². The van der Waals surface area contributed by atoms with E-state index in [-0.39, 0.29) is 18.6 Å². The van der Waals surface area contributed by atoms with E-state index in [2.05, 4.69) is 10.1 Å². The minimum Gasteiger partial charge on any atom is -0.469 e. The molecule has 1 atom stereocenters. The second kappa shape index (κ2) is 6.03. The second-order valence-corrected chi connectivity index (χ2v) is 3.01. The van der Waals surface area contributed by atoms with Gasteiger partial charge in [-0.3, -0.25) is 4.79 Å². The maximum Gasteiger partial charge on any atom is 0.310 e. The van der Waals surface area contributed by atoms with Gasteiger partial charge in [0.1, 0.15) is 6.23 Å². The fourth-order valence-electron chi connectivity index (χ4n) is 1.15. The molecule has 0 aliphatic heterocycles. The van der Waals surface area contributed by atoms with E-state index in [0.717, 1.165) is 5.69 Å². The molecule has 1 aromatic rings. The summed E-state index contributed by atoms with van der Waals surface area (Å²) in [6.45, 7) is 0. The fourth-order valence-corrected chi connectivity index (χ4v) is 1.15. The van der Waals surface area contributed by atoms with E-state index in [9.17, 15) is 4.79 Å². The van der Waals surface area contributed by atoms with E-state index in [1.165, 1.54) is 7.11 Å². The topological polar surface area (TPSA) is 47.6 Å². The summed E-state index contributed by atoms with van der Waals surface area (Å²) in [5.41, 5.74) is 0.910. The van der Waals surface area contributed by atoms with Crippen LogP contribution in [0.15, 0.2) is 30.3 Å². The maximum atomic E-state index is 11.0. The first kappa shape index (κ1) is 11.5. The Kier molecular flexibility index (Phi) is 4.63. The average Bonchev–Trinajstić information content (AvgIpc) is 2.29. The van der Waals surface area contributed by atoms with Crippen molar-refractivity contribution in [1.82, 2.24) is 0 Å². The molecule has 0 fully saturated rings. The molecule has 0 radical (unpaired) electrons. The van der Waals surface area contributed by atoms with Gasteiger partial charge in [0.15, 0.2) is 0 Å². The van der Waals surface area contributed by atoms with Gasteiger partial charge >= 0.3 is 5.97 Å². The quantitative estimate of drug-likeness (QED) is 0.591. The molecular formula is C11H15NO3. The summed E-state index contributed by atoms with van der Waals surface area (Å²) in [6, 6.07) is 9.56. The van der Waals surface area contributed by atoms with E-state index in [4.69, 9.17) is 4.74 Å². The molecular weight excluding hydrogens is 194 g/mol. The molecule has 0 bridgehead atoms. The van der Waals surface area contributed by atoms with Crippen LogP contribution in [0.5, 0.6) is 0 Å². The van der Waals surface area contributed by atoms with Crippen molar-refractivity contribution in [2.24, 2.45) is 0 Å². The Labute approximate surface area is 89.2 Å². The number of anilines is 1. The normalized spacial score (nSPS) is 11.9. The number of benzene rings is 1. The van der Waals surface area contributed by atoms with Crippen LogP contribution in [0.2, 0.25) is 0 Å². The maximum absolute atomic E-state index is 11.0. The number of carbonyl (C=O) groups excluding carboxylic acids is 1. The molecule has 1 aromatic carbocycles. The Morgan fingerprint density at radius 2 is 2.00 bits per heavy atom. The van der Waals surface area contributed by atoms with Crippen LogP contribution in [0.3, 0.4) is 0 Å². The molecule has 0 amide bonds. The fraction of sp³-hybridized carbons (Fsp3) is 0.364. The molecule has 15 heavy (non-hydrogen) atoms. The average molecular weight is 209 g/mol. The number of esters is 1. The summed E-state index contributed by atoms with van der Waals surface area (Å²) in [5, 5.41) is 3.07. The largest absolute Gasteiger partial charge is 0.469 e. The van der Waals surface area contributed by atoms with Gasteiger partial charge in [-0.15, -0.1) is 0 Å². The van der Waals surface area contributed by atoms with E-state index < -0.39 is 0 Å². The highest BCUT2D eigenvalue weighted by atomic mass is 16.5. The van der Waals surface area contributed by atoms with Crippen LogP contribution in [-0.2, 0) is 14.3 Å². The van der Waals surface area contributed by atoms with Crippen LogP contribution in [0.4, 0.5) is 5.69 Å². The highest BCUT2D eigenvalue weighted by Gasteiger charge is 2.12. The van der Waals surface area contributed by atoms with Gasteiger partial charge in [-0.1, -0.05) is 18.2 Å². The highest BCUT2D eigenvalue weighted by molar-refractivity contribution is 5.70. The van der Waals surface area contributed by atoms with Crippen LogP contribution in [-0.4, -0.2) is 26.4 Å². The van der Waals surface area contributed by atoms with Gasteiger partial charge in [0.05, 0.1) is 13.5 Å². The lowest BCUT2D eigenvalue weighted by Gasteiger charge is -2.16. The van der Waals surface area contributed by atoms with Crippen LogP contribution >= 0.6 is 0 Å². The Balaban J connectivity index is 2.50. The summed E-state index contributed by atoms with van der Waals surface area (Å²) < 4.78 is 9.68. The zero-order valence-electron chi connectivity index (χ0n) is 8.90. The second-order valence-electron chi connectivity index (χ2n) is 3.01. The molecule has 0 aliphatic carbocycles. The van der Waals surface area contributed by atoms with E-state index in [1.807, 2.05) is 30.3 Å². The number of nitrogens with one attached hydrogen (secondary N) is 1. The first-order chi connectivity index (χ1) is 7.26. The number of methoxy groups -OCH3 is 2. The third-order valence-corrected chi connectivity index (χ3v) is 1.97. The predicted molar refractivity (Wildman–Crippen MR) is 57.5 cm³/mol. The minimum atomic E-state index is -0.361. The Morgan fingerprint density at radius 3 is 2.53 bits per heavy atom. The van der Waals surface area contributed by atoms with Gasteiger partial charge in [0.25, 0.3) is 0 Å². The minimum absolute atomic E-state index is 0.182. The van der Waals surface area contributed by atoms with Crippen LogP contribution in [0.1, 0.15) is 6.42 Å². The van der Waals surface area contributed by atoms with Crippen molar-refractivity contribution in [2.45, 2.75) is 12.6 Å². The summed E-state index contributed by atoms with van der Waals surface area (Å²) in [5.74, 6) is -0.301. The number of ether oxygens (including phenoxy) is 2. The summed E-state index contributed by atoms with van der Waals surface area (Å²) >= 11 is 0. The van der Waals surface area contributed by atoms with Crippen molar-refractivity contribution in [3.8, 4) is 0 Å². The molecule has 4 heteroatoms. The van der Waals surface area contributed by atoms with Gasteiger partial charge in [-0.25, -0.2) is 0 Å². The number of carbonyl (C=O) groups is 1. The molecule has 0 saturated carbocycles. The van der Waals surface area contributed by atoms with Crippen LogP contribution in [0, 0.1) is 0 Å². The van der Waals surface area contributed by atoms with Crippen molar-refractivity contribution in [3.05, 3.63) is 30.3 Å². The first-order valence-corrected chi connectivity index (χ1v) is 4.67. The van der Waals surface area contributed by atoms with Gasteiger partial charge in [-0.2, -0.15) is 0 Å². The summed E-state index contributed by atoms with van der Waals surface area (Å²) in [6.07, 6.45) is -0.179. The molecule has 0 aliphatic rings. The van der Waals surface area contributed by atoms with Gasteiger partial charge in [-0.05, 0) is 12.1 Å². The number of para-hydroxylation sites is 1. The van der Waals surface area contributed by atoms with Gasteiger partial charge in [0.2, 0.25) is 0 Å². The first-order valence-electron chi connectivity index (χ1n) is 4.67. The highest BCUT2D eigenvalue weighted by Crippen LogP contribution is 2.09. The third-order valence-electron chi connectivity index (χ3n) is 1.97. The van der Waals surface area contributed by atoms with Gasteiger partial charge < -0.3 is 14.8 Å². The van der Waals surface area contributed by atoms with Crippen molar-refractivity contribution >= 4 is 11.7 Å². The van der Waals surface area contributed by atoms with Crippen molar-refractivity contribution < 1.29 is 14.3 Å². The lowest BCUT2D eigenvalue weighted by molar-refractivity contribution is -0.142. The molecule has 0 spiro atoms. The molecule has 0 heterocycles. The monoisotopic (exact) mass is 209 g/mol. The lowest BCUT2D eigenvalue weighted by atomic mass is 10.3. The molecule has 1 N–H and O–H groups in total. The molecule has 82 valence electrons. The van der Waals surface area contributed by atoms with E-state index in [0.29, 0.717) is 0 Å². The zero-order valence-corrected chi connectivity index (χ0v) is 8.90. The third kappa shape index (κ3) is 3.99. The Morgan fingerprint density at radius 1 is 1.33 bits per heavy atom. The summed E-state index contributed by atoms with van der Waals surface area (Å²) in [4.78, 5) is 11.0. The van der Waals surface area contributed by atoms with Crippen LogP contribution < -0.4 is 5.32 Å². The van der Waals surface area contributed by atoms with Crippen LogP contribution in [0.25, 0.3) is 0 Å². The smallest absolute Gasteiger partial charge is 0.310 e. The predicted octanol–water partition coefficient (Wildman–Crippen LogP) is 1.63. The molecule has 4 nitrogen and oxygen atoms in total. The molecule has 1 rings (SSSR count). The Bertz CT molecular complexity index is 300. The number of rotatable bonds is 5. The van der Waals surface area contributed by atoms with Gasteiger partial charge in [0, 0.05) is 12.8 Å². The standard InChI is InChI=1S/C11H15NO3/c1-14-10(8-11(13)15-2)12-9-6-4-3-5-7-9/h3-7,10,12H,8H2,1-2H3/t10-/m1/s1. The zero-order chi connectivity index (χ0) is 11.1. The van der Waals surface area contributed by atoms with Crippen molar-refractivity contribution in [3.63, 3.8) is 0 Å². The SMILES string of the molecule is COC(=O)C[C@H](Nc1ccccc1)OC. The number of hydrogen-bond acceptors (Lipinski definition) is 4. The lowest BCUT2D eigenvalue weighted by Crippen LogP contribution is -2.25. The number of hydrogen-bond donors (Lipinski definition) is 1. The molecule has 0 aromatic heterocycles. The van der Waals surface area contributed by atoms with E-state index >= 15 is 0 Å².